The molecule has 0 aromatic heterocycles. The van der Waals surface area contributed by atoms with Gasteiger partial charge >= 0.3 is 0 Å². The Hall–Kier alpha value is -1.40. The van der Waals surface area contributed by atoms with Crippen molar-refractivity contribution in [2.24, 2.45) is 5.73 Å². The van der Waals surface area contributed by atoms with E-state index in [9.17, 15) is 13.6 Å². The zero-order valence-corrected chi connectivity index (χ0v) is 12.9. The van der Waals surface area contributed by atoms with E-state index in [2.05, 4.69) is 5.32 Å². The average molecular weight is 323 g/mol. The molecule has 0 bridgehead atoms. The Bertz CT molecular complexity index is 468. The van der Waals surface area contributed by atoms with Crippen LogP contribution < -0.4 is 15.8 Å². The van der Waals surface area contributed by atoms with E-state index in [0.717, 1.165) is 25.0 Å². The Morgan fingerprint density at radius 2 is 1.95 bits per heavy atom. The molecule has 1 rings (SSSR count). The van der Waals surface area contributed by atoms with Gasteiger partial charge in [-0.3, -0.25) is 4.79 Å². The molecule has 3 N–H and O–H groups in total. The second kappa shape index (κ2) is 8.79. The molecule has 1 aromatic rings. The molecule has 0 spiro atoms. The van der Waals surface area contributed by atoms with E-state index in [4.69, 9.17) is 10.5 Å². The van der Waals surface area contributed by atoms with Gasteiger partial charge in [0.05, 0.1) is 0 Å². The smallest absolute Gasteiger partial charge is 0.258 e. The van der Waals surface area contributed by atoms with Crippen molar-refractivity contribution >= 4 is 18.3 Å². The maximum absolute atomic E-state index is 13.3. The van der Waals surface area contributed by atoms with E-state index in [1.165, 1.54) is 0 Å². The molecule has 0 unspecified atom stereocenters. The van der Waals surface area contributed by atoms with E-state index >= 15 is 0 Å². The Morgan fingerprint density at radius 3 is 2.48 bits per heavy atom. The van der Waals surface area contributed by atoms with Crippen LogP contribution in [0.15, 0.2) is 18.2 Å². The summed E-state index contributed by atoms with van der Waals surface area (Å²) in [5.74, 6) is -2.09. The van der Waals surface area contributed by atoms with Gasteiger partial charge in [-0.25, -0.2) is 8.78 Å². The molecule has 0 radical (unpaired) electrons. The van der Waals surface area contributed by atoms with E-state index in [1.807, 2.05) is 13.8 Å². The summed E-state index contributed by atoms with van der Waals surface area (Å²) >= 11 is 0. The SMILES string of the molecule is CCC(N)(CC)CNC(=O)COc1ccc(F)cc1F.Cl. The zero-order chi connectivity index (χ0) is 15.2. The lowest BCUT2D eigenvalue weighted by molar-refractivity contribution is -0.123. The van der Waals surface area contributed by atoms with Crippen molar-refractivity contribution in [1.82, 2.24) is 5.32 Å². The molecule has 120 valence electrons. The van der Waals surface area contributed by atoms with Gasteiger partial charge in [0.15, 0.2) is 18.2 Å². The molecule has 0 saturated carbocycles. The van der Waals surface area contributed by atoms with Crippen molar-refractivity contribution in [3.63, 3.8) is 0 Å². The predicted molar refractivity (Wildman–Crippen MR) is 79.6 cm³/mol. The van der Waals surface area contributed by atoms with E-state index < -0.39 is 23.1 Å². The van der Waals surface area contributed by atoms with Gasteiger partial charge in [-0.1, -0.05) is 13.8 Å². The van der Waals surface area contributed by atoms with Gasteiger partial charge in [0.25, 0.3) is 5.91 Å². The van der Waals surface area contributed by atoms with Crippen molar-refractivity contribution in [2.45, 2.75) is 32.2 Å². The highest BCUT2D eigenvalue weighted by Crippen LogP contribution is 2.17. The highest BCUT2D eigenvalue weighted by Gasteiger charge is 2.21. The van der Waals surface area contributed by atoms with Gasteiger partial charge in [-0.2, -0.15) is 0 Å². The van der Waals surface area contributed by atoms with E-state index in [0.29, 0.717) is 12.6 Å². The van der Waals surface area contributed by atoms with Gasteiger partial charge in [0.1, 0.15) is 5.82 Å². The van der Waals surface area contributed by atoms with Crippen LogP contribution in [0, 0.1) is 11.6 Å². The van der Waals surface area contributed by atoms with Crippen LogP contribution in [0.5, 0.6) is 5.75 Å². The Balaban J connectivity index is 0.00000400. The van der Waals surface area contributed by atoms with Gasteiger partial charge in [-0.05, 0) is 25.0 Å². The van der Waals surface area contributed by atoms with Crippen LogP contribution in [0.2, 0.25) is 0 Å². The Kier molecular flexibility index (Phi) is 8.21. The highest BCUT2D eigenvalue weighted by molar-refractivity contribution is 5.85. The topological polar surface area (TPSA) is 64.3 Å². The molecule has 0 aliphatic heterocycles. The lowest BCUT2D eigenvalue weighted by Crippen LogP contribution is -2.50. The van der Waals surface area contributed by atoms with Gasteiger partial charge < -0.3 is 15.8 Å². The maximum Gasteiger partial charge on any atom is 0.258 e. The van der Waals surface area contributed by atoms with Crippen LogP contribution in [-0.4, -0.2) is 24.6 Å². The molecular formula is C14H21ClF2N2O2. The van der Waals surface area contributed by atoms with Crippen LogP contribution >= 0.6 is 12.4 Å². The summed E-state index contributed by atoms with van der Waals surface area (Å²) in [4.78, 5) is 11.6. The van der Waals surface area contributed by atoms with Crippen molar-refractivity contribution in [1.29, 1.82) is 0 Å². The summed E-state index contributed by atoms with van der Waals surface area (Å²) in [5.41, 5.74) is 5.59. The number of rotatable bonds is 7. The molecule has 0 aliphatic carbocycles. The van der Waals surface area contributed by atoms with Crippen molar-refractivity contribution in [3.05, 3.63) is 29.8 Å². The third kappa shape index (κ3) is 6.27. The second-order valence-corrected chi connectivity index (χ2v) is 4.71. The molecule has 0 saturated heterocycles. The lowest BCUT2D eigenvalue weighted by Gasteiger charge is -2.26. The molecule has 0 atom stereocenters. The Morgan fingerprint density at radius 1 is 1.33 bits per heavy atom. The van der Waals surface area contributed by atoms with Gasteiger partial charge in [0.2, 0.25) is 0 Å². The second-order valence-electron chi connectivity index (χ2n) is 4.71. The summed E-state index contributed by atoms with van der Waals surface area (Å²) in [6.45, 7) is 3.88. The number of nitrogens with two attached hydrogens (primary N) is 1. The van der Waals surface area contributed by atoms with Crippen LogP contribution in [0.25, 0.3) is 0 Å². The number of nitrogens with one attached hydrogen (secondary N) is 1. The minimum atomic E-state index is -0.840. The number of hydrogen-bond acceptors (Lipinski definition) is 3. The van der Waals surface area contributed by atoms with Crippen molar-refractivity contribution in [2.75, 3.05) is 13.2 Å². The van der Waals surface area contributed by atoms with Gasteiger partial charge in [0, 0.05) is 18.2 Å². The highest BCUT2D eigenvalue weighted by atomic mass is 35.5. The Labute approximate surface area is 129 Å². The van der Waals surface area contributed by atoms with Crippen molar-refractivity contribution < 1.29 is 18.3 Å². The first kappa shape index (κ1) is 19.6. The fraction of sp³-hybridized carbons (Fsp3) is 0.500. The number of amides is 1. The largest absolute Gasteiger partial charge is 0.481 e. The maximum atomic E-state index is 13.3. The zero-order valence-electron chi connectivity index (χ0n) is 12.1. The number of halogens is 3. The fourth-order valence-electron chi connectivity index (χ4n) is 1.56. The summed E-state index contributed by atoms with van der Waals surface area (Å²) in [7, 11) is 0. The van der Waals surface area contributed by atoms with Crippen LogP contribution in [0.3, 0.4) is 0 Å². The minimum Gasteiger partial charge on any atom is -0.481 e. The fourth-order valence-corrected chi connectivity index (χ4v) is 1.56. The number of hydrogen-bond donors (Lipinski definition) is 2. The number of carbonyl (C=O) groups is 1. The summed E-state index contributed by atoms with van der Waals surface area (Å²) < 4.78 is 30.9. The van der Waals surface area contributed by atoms with Gasteiger partial charge in [-0.15, -0.1) is 12.4 Å². The first-order chi connectivity index (χ1) is 9.40. The van der Waals surface area contributed by atoms with E-state index in [-0.39, 0.29) is 24.8 Å². The predicted octanol–water partition coefficient (Wildman–Crippen LogP) is 2.40. The summed E-state index contributed by atoms with van der Waals surface area (Å²) in [6.07, 6.45) is 1.47. The molecule has 0 heterocycles. The first-order valence-corrected chi connectivity index (χ1v) is 6.53. The molecule has 1 amide bonds. The normalized spacial score (nSPS) is 10.7. The molecule has 21 heavy (non-hydrogen) atoms. The molecule has 7 heteroatoms. The average Bonchev–Trinajstić information content (AvgIpc) is 2.44. The van der Waals surface area contributed by atoms with Crippen LogP contribution in [0.4, 0.5) is 8.78 Å². The first-order valence-electron chi connectivity index (χ1n) is 6.53. The molecule has 0 aliphatic rings. The summed E-state index contributed by atoms with van der Waals surface area (Å²) in [6, 6.07) is 2.91. The summed E-state index contributed by atoms with van der Waals surface area (Å²) in [5, 5.41) is 2.64. The third-order valence-corrected chi connectivity index (χ3v) is 3.30. The molecule has 4 nitrogen and oxygen atoms in total. The van der Waals surface area contributed by atoms with Crippen LogP contribution in [-0.2, 0) is 4.79 Å². The number of carbonyl (C=O) groups excluding carboxylic acids is 1. The number of ether oxygens (including phenoxy) is 1. The molecule has 0 fully saturated rings. The molecular weight excluding hydrogens is 302 g/mol. The standard InChI is InChI=1S/C14H20F2N2O2.ClH/c1-3-14(17,4-2)9-18-13(19)8-20-12-6-5-10(15)7-11(12)16;/h5-7H,3-4,8-9,17H2,1-2H3,(H,18,19);1H. The lowest BCUT2D eigenvalue weighted by atomic mass is 9.94. The van der Waals surface area contributed by atoms with Crippen molar-refractivity contribution in [3.8, 4) is 5.75 Å². The van der Waals surface area contributed by atoms with E-state index in [1.54, 1.807) is 0 Å². The molecule has 1 aromatic carbocycles. The van der Waals surface area contributed by atoms with Crippen LogP contribution in [0.1, 0.15) is 26.7 Å². The quantitative estimate of drug-likeness (QED) is 0.810. The third-order valence-electron chi connectivity index (χ3n) is 3.30. The number of benzene rings is 1. The minimum absolute atomic E-state index is 0. The monoisotopic (exact) mass is 322 g/mol.